The smallest absolute Gasteiger partial charge is 0.241 e. The predicted molar refractivity (Wildman–Crippen MR) is 142 cm³/mol. The van der Waals surface area contributed by atoms with Crippen molar-refractivity contribution in [3.8, 4) is 10.6 Å². The van der Waals surface area contributed by atoms with Crippen LogP contribution in [0.5, 0.6) is 0 Å². The summed E-state index contributed by atoms with van der Waals surface area (Å²) in [5, 5.41) is 5.65. The zero-order valence-electron chi connectivity index (χ0n) is 19.7. The molecule has 34 heavy (non-hydrogen) atoms. The van der Waals surface area contributed by atoms with Gasteiger partial charge in [0.05, 0.1) is 5.75 Å². The number of aryl methyl sites for hydroxylation is 1. The molecule has 1 N–H and O–H groups in total. The lowest BCUT2D eigenvalue weighted by Gasteiger charge is -2.18. The van der Waals surface area contributed by atoms with Gasteiger partial charge in [-0.05, 0) is 53.3 Å². The molecule has 5 rings (SSSR count). The Morgan fingerprint density at radius 1 is 1.21 bits per heavy atom. The van der Waals surface area contributed by atoms with Crippen molar-refractivity contribution in [2.75, 3.05) is 11.1 Å². The van der Waals surface area contributed by atoms with E-state index < -0.39 is 0 Å². The first-order valence-corrected chi connectivity index (χ1v) is 14.0. The van der Waals surface area contributed by atoms with Crippen LogP contribution in [0.2, 0.25) is 0 Å². The van der Waals surface area contributed by atoms with Gasteiger partial charge in [0.15, 0.2) is 0 Å². The molecule has 0 bridgehead atoms. The molecule has 6 nitrogen and oxygen atoms in total. The molecule has 1 atom stereocenters. The Labute approximate surface area is 211 Å². The number of rotatable bonds is 5. The van der Waals surface area contributed by atoms with Gasteiger partial charge in [-0.1, -0.05) is 63.7 Å². The van der Waals surface area contributed by atoms with Gasteiger partial charge < -0.3 is 0 Å². The van der Waals surface area contributed by atoms with Crippen LogP contribution in [-0.2, 0) is 23.1 Å². The van der Waals surface area contributed by atoms with E-state index in [4.69, 9.17) is 0 Å². The quantitative estimate of drug-likeness (QED) is 0.249. The molecule has 0 radical (unpaired) electrons. The molecular formula is C25H27N5OS3. The Kier molecular flexibility index (Phi) is 6.43. The number of anilines is 1. The van der Waals surface area contributed by atoms with Crippen LogP contribution in [0, 0.1) is 5.92 Å². The summed E-state index contributed by atoms with van der Waals surface area (Å²) in [6, 6.07) is 8.37. The van der Waals surface area contributed by atoms with Crippen molar-refractivity contribution >= 4 is 56.7 Å². The Hall–Kier alpha value is -2.36. The molecule has 1 aliphatic carbocycles. The number of carbonyl (C=O) groups is 1. The predicted octanol–water partition coefficient (Wildman–Crippen LogP) is 6.36. The minimum absolute atomic E-state index is 0.104. The Morgan fingerprint density at radius 3 is 2.76 bits per heavy atom. The van der Waals surface area contributed by atoms with Gasteiger partial charge in [-0.15, -0.1) is 11.3 Å². The average molecular weight is 510 g/mol. The van der Waals surface area contributed by atoms with Crippen molar-refractivity contribution in [3.63, 3.8) is 0 Å². The van der Waals surface area contributed by atoms with Crippen LogP contribution in [0.25, 0.3) is 20.8 Å². The molecule has 0 fully saturated rings. The first-order chi connectivity index (χ1) is 16.3. The summed E-state index contributed by atoms with van der Waals surface area (Å²) >= 11 is 4.52. The van der Waals surface area contributed by atoms with Crippen LogP contribution in [0.15, 0.2) is 35.6 Å². The fourth-order valence-corrected chi connectivity index (χ4v) is 7.02. The number of nitrogens with zero attached hydrogens (tertiary/aromatic N) is 4. The summed E-state index contributed by atoms with van der Waals surface area (Å²) in [7, 11) is 0. The minimum atomic E-state index is -0.137. The fourth-order valence-electron chi connectivity index (χ4n) is 4.15. The van der Waals surface area contributed by atoms with Gasteiger partial charge in [0.2, 0.25) is 11.9 Å². The minimum Gasteiger partial charge on any atom is -0.293 e. The number of hydrogen-bond acceptors (Lipinski definition) is 8. The average Bonchev–Trinajstić information content (AvgIpc) is 3.41. The lowest BCUT2D eigenvalue weighted by Crippen LogP contribution is -2.15. The van der Waals surface area contributed by atoms with Crippen molar-refractivity contribution in [1.82, 2.24) is 19.3 Å². The monoisotopic (exact) mass is 509 g/mol. The van der Waals surface area contributed by atoms with E-state index >= 15 is 0 Å². The first-order valence-electron chi connectivity index (χ1n) is 11.4. The SMILES string of the molecule is C[C@@H]1CCc2c(sc3ncnc(SCC(=O)Nc4nsc(-c5ccc(C(C)(C)C)cc5)n4)c23)C1. The van der Waals surface area contributed by atoms with Crippen molar-refractivity contribution < 1.29 is 4.79 Å². The van der Waals surface area contributed by atoms with Gasteiger partial charge in [0.1, 0.15) is 21.2 Å². The van der Waals surface area contributed by atoms with Gasteiger partial charge in [0.25, 0.3) is 0 Å². The number of benzene rings is 1. The zero-order chi connectivity index (χ0) is 23.9. The molecule has 1 amide bonds. The van der Waals surface area contributed by atoms with Crippen molar-refractivity contribution in [3.05, 3.63) is 46.6 Å². The summed E-state index contributed by atoms with van der Waals surface area (Å²) in [5.74, 6) is 1.17. The molecule has 0 aliphatic heterocycles. The number of aromatic nitrogens is 4. The number of amides is 1. The summed E-state index contributed by atoms with van der Waals surface area (Å²) < 4.78 is 4.33. The molecule has 0 unspecified atom stereocenters. The Morgan fingerprint density at radius 2 is 2.00 bits per heavy atom. The topological polar surface area (TPSA) is 80.7 Å². The molecule has 9 heteroatoms. The lowest BCUT2D eigenvalue weighted by molar-refractivity contribution is -0.113. The van der Waals surface area contributed by atoms with E-state index in [1.165, 1.54) is 45.7 Å². The third kappa shape index (κ3) is 4.87. The largest absolute Gasteiger partial charge is 0.293 e. The van der Waals surface area contributed by atoms with E-state index in [9.17, 15) is 4.79 Å². The standard InChI is InChI=1S/C25H27N5OS3/c1-14-5-10-17-18(11-14)33-23-20(17)22(26-13-27-23)32-12-19(31)28-24-29-21(34-30-24)15-6-8-16(9-7-15)25(2,3)4/h6-9,13-14H,5,10-12H2,1-4H3,(H,28,30,31)/t14-/m1/s1. The summed E-state index contributed by atoms with van der Waals surface area (Å²) in [6.07, 6.45) is 4.96. The van der Waals surface area contributed by atoms with E-state index in [-0.39, 0.29) is 17.1 Å². The normalized spacial score (nSPS) is 15.9. The third-order valence-electron chi connectivity index (χ3n) is 6.07. The van der Waals surface area contributed by atoms with Crippen LogP contribution in [0.1, 0.15) is 50.1 Å². The molecule has 0 spiro atoms. The highest BCUT2D eigenvalue weighted by molar-refractivity contribution is 8.00. The molecule has 176 valence electrons. The second-order valence-electron chi connectivity index (χ2n) is 9.80. The summed E-state index contributed by atoms with van der Waals surface area (Å²) in [5.41, 5.74) is 3.75. The van der Waals surface area contributed by atoms with E-state index in [1.54, 1.807) is 17.7 Å². The number of carbonyl (C=O) groups excluding carboxylic acids is 1. The lowest BCUT2D eigenvalue weighted by atomic mass is 9.87. The maximum atomic E-state index is 12.6. The highest BCUT2D eigenvalue weighted by Gasteiger charge is 2.23. The number of fused-ring (bicyclic) bond motifs is 3. The van der Waals surface area contributed by atoms with E-state index in [2.05, 4.69) is 76.6 Å². The zero-order valence-corrected chi connectivity index (χ0v) is 22.2. The fraction of sp³-hybridized carbons (Fsp3) is 0.400. The Bertz CT molecular complexity index is 1340. The van der Waals surface area contributed by atoms with Crippen LogP contribution >= 0.6 is 34.6 Å². The molecule has 0 saturated heterocycles. The molecule has 0 saturated carbocycles. The summed E-state index contributed by atoms with van der Waals surface area (Å²) in [6.45, 7) is 8.88. The van der Waals surface area contributed by atoms with Crippen molar-refractivity contribution in [2.24, 2.45) is 5.92 Å². The van der Waals surface area contributed by atoms with Crippen LogP contribution in [0.3, 0.4) is 0 Å². The number of nitrogens with one attached hydrogen (secondary N) is 1. The van der Waals surface area contributed by atoms with Gasteiger partial charge in [0, 0.05) is 15.8 Å². The maximum Gasteiger partial charge on any atom is 0.241 e. The highest BCUT2D eigenvalue weighted by atomic mass is 32.2. The van der Waals surface area contributed by atoms with E-state index in [0.29, 0.717) is 11.9 Å². The highest BCUT2D eigenvalue weighted by Crippen LogP contribution is 2.40. The van der Waals surface area contributed by atoms with Crippen molar-refractivity contribution in [2.45, 2.75) is 57.4 Å². The van der Waals surface area contributed by atoms with Crippen LogP contribution < -0.4 is 5.32 Å². The maximum absolute atomic E-state index is 12.6. The first kappa shape index (κ1) is 23.4. The number of thiophene rings is 1. The van der Waals surface area contributed by atoms with Gasteiger partial charge in [-0.2, -0.15) is 9.36 Å². The van der Waals surface area contributed by atoms with Gasteiger partial charge >= 0.3 is 0 Å². The number of hydrogen-bond donors (Lipinski definition) is 1. The van der Waals surface area contributed by atoms with Crippen LogP contribution in [-0.4, -0.2) is 31.0 Å². The number of thioether (sulfide) groups is 1. The van der Waals surface area contributed by atoms with Crippen LogP contribution in [0.4, 0.5) is 5.95 Å². The molecule has 4 aromatic rings. The van der Waals surface area contributed by atoms with E-state index in [1.807, 2.05) is 0 Å². The second kappa shape index (κ2) is 9.36. The second-order valence-corrected chi connectivity index (χ2v) is 12.6. The molecule has 1 aromatic carbocycles. The molecule has 3 heterocycles. The van der Waals surface area contributed by atoms with Crippen molar-refractivity contribution in [1.29, 1.82) is 0 Å². The van der Waals surface area contributed by atoms with Gasteiger partial charge in [-0.25, -0.2) is 9.97 Å². The third-order valence-corrected chi connectivity index (χ3v) is 8.99. The molecule has 3 aromatic heterocycles. The molecular weight excluding hydrogens is 483 g/mol. The van der Waals surface area contributed by atoms with Gasteiger partial charge in [-0.3, -0.25) is 10.1 Å². The van der Waals surface area contributed by atoms with E-state index in [0.717, 1.165) is 38.7 Å². The molecule has 1 aliphatic rings. The Balaban J connectivity index is 1.25. The summed E-state index contributed by atoms with van der Waals surface area (Å²) in [4.78, 5) is 28.6.